The number of nitrogens with one attached hydrogen (secondary N) is 1. The molecular formula is C16H20N2O3. The van der Waals surface area contributed by atoms with E-state index in [1.165, 1.54) is 6.42 Å². The molecule has 1 aromatic heterocycles. The first kappa shape index (κ1) is 15.5. The third-order valence-corrected chi connectivity index (χ3v) is 3.31. The van der Waals surface area contributed by atoms with Crippen LogP contribution in [0.3, 0.4) is 0 Å². The van der Waals surface area contributed by atoms with Gasteiger partial charge in [-0.25, -0.2) is 4.98 Å². The monoisotopic (exact) mass is 288 g/mol. The normalized spacial score (nSPS) is 17.7. The number of anilines is 1. The fourth-order valence-electron chi connectivity index (χ4n) is 2.25. The largest absolute Gasteiger partial charge is 0.384 e. The van der Waals surface area contributed by atoms with E-state index in [0.29, 0.717) is 17.8 Å². The summed E-state index contributed by atoms with van der Waals surface area (Å²) in [6.07, 6.45) is 6.31. The molecule has 5 heteroatoms. The molecule has 2 N–H and O–H groups in total. The Morgan fingerprint density at radius 3 is 3.19 bits per heavy atom. The first-order chi connectivity index (χ1) is 10.3. The van der Waals surface area contributed by atoms with Crippen LogP contribution < -0.4 is 5.32 Å². The summed E-state index contributed by atoms with van der Waals surface area (Å²) in [5.41, 5.74) is 0.713. The van der Waals surface area contributed by atoms with E-state index in [1.807, 2.05) is 0 Å². The van der Waals surface area contributed by atoms with Crippen molar-refractivity contribution in [3.8, 4) is 11.8 Å². The minimum absolute atomic E-state index is 0.0658. The van der Waals surface area contributed by atoms with Crippen molar-refractivity contribution in [1.82, 2.24) is 4.98 Å². The molecule has 1 atom stereocenters. The molecule has 0 radical (unpaired) electrons. The topological polar surface area (TPSA) is 71.5 Å². The SMILES string of the molecule is O=C(CCC1CCCCO1)Nc1cc(C#CCO)ccn1. The summed E-state index contributed by atoms with van der Waals surface area (Å²) < 4.78 is 5.60. The summed E-state index contributed by atoms with van der Waals surface area (Å²) in [5.74, 6) is 5.76. The molecule has 21 heavy (non-hydrogen) atoms. The molecule has 2 heterocycles. The van der Waals surface area contributed by atoms with Crippen LogP contribution in [-0.4, -0.2) is 35.3 Å². The van der Waals surface area contributed by atoms with E-state index in [0.717, 1.165) is 25.9 Å². The third kappa shape index (κ3) is 5.54. The van der Waals surface area contributed by atoms with Crippen molar-refractivity contribution in [2.75, 3.05) is 18.5 Å². The Kier molecular flexibility index (Phi) is 6.20. The highest BCUT2D eigenvalue weighted by Crippen LogP contribution is 2.17. The zero-order valence-electron chi connectivity index (χ0n) is 12.0. The maximum Gasteiger partial charge on any atom is 0.225 e. The van der Waals surface area contributed by atoms with Gasteiger partial charge in [0.05, 0.1) is 6.10 Å². The summed E-state index contributed by atoms with van der Waals surface area (Å²) in [7, 11) is 0. The molecule has 1 fully saturated rings. The van der Waals surface area contributed by atoms with Crippen LogP contribution in [0.5, 0.6) is 0 Å². The maximum absolute atomic E-state index is 11.9. The number of aliphatic hydroxyl groups is 1. The van der Waals surface area contributed by atoms with Gasteiger partial charge in [0.25, 0.3) is 0 Å². The zero-order chi connectivity index (χ0) is 14.9. The van der Waals surface area contributed by atoms with Crippen molar-refractivity contribution in [3.05, 3.63) is 23.9 Å². The standard InChI is InChI=1S/C16H20N2O3/c19-10-3-4-13-8-9-17-15(12-13)18-16(20)7-6-14-5-1-2-11-21-14/h8-9,12,14,19H,1-2,5-7,10-11H2,(H,17,18,20). The van der Waals surface area contributed by atoms with Gasteiger partial charge in [0.2, 0.25) is 5.91 Å². The van der Waals surface area contributed by atoms with E-state index in [4.69, 9.17) is 9.84 Å². The van der Waals surface area contributed by atoms with Crippen LogP contribution in [-0.2, 0) is 9.53 Å². The number of amides is 1. The van der Waals surface area contributed by atoms with Crippen LogP contribution >= 0.6 is 0 Å². The van der Waals surface area contributed by atoms with Crippen LogP contribution in [0.1, 0.15) is 37.7 Å². The Morgan fingerprint density at radius 2 is 2.43 bits per heavy atom. The molecular weight excluding hydrogens is 268 g/mol. The minimum atomic E-state index is -0.189. The smallest absolute Gasteiger partial charge is 0.225 e. The van der Waals surface area contributed by atoms with Gasteiger partial charge >= 0.3 is 0 Å². The highest BCUT2D eigenvalue weighted by atomic mass is 16.5. The molecule has 0 saturated carbocycles. The van der Waals surface area contributed by atoms with Crippen molar-refractivity contribution >= 4 is 11.7 Å². The van der Waals surface area contributed by atoms with Gasteiger partial charge in [-0.3, -0.25) is 4.79 Å². The fraction of sp³-hybridized carbons (Fsp3) is 0.500. The minimum Gasteiger partial charge on any atom is -0.384 e. The van der Waals surface area contributed by atoms with Crippen molar-refractivity contribution in [1.29, 1.82) is 0 Å². The van der Waals surface area contributed by atoms with E-state index < -0.39 is 0 Å². The Bertz CT molecular complexity index is 528. The van der Waals surface area contributed by atoms with Crippen molar-refractivity contribution in [2.24, 2.45) is 0 Å². The summed E-state index contributed by atoms with van der Waals surface area (Å²) in [6, 6.07) is 3.42. The molecule has 2 rings (SSSR count). The molecule has 1 aliphatic rings. The summed E-state index contributed by atoms with van der Waals surface area (Å²) in [4.78, 5) is 16.0. The number of hydrogen-bond acceptors (Lipinski definition) is 4. The number of aromatic nitrogens is 1. The molecule has 1 amide bonds. The first-order valence-corrected chi connectivity index (χ1v) is 7.25. The molecule has 1 unspecified atom stereocenters. The van der Waals surface area contributed by atoms with Crippen LogP contribution in [0.15, 0.2) is 18.3 Å². The average molecular weight is 288 g/mol. The maximum atomic E-state index is 11.9. The van der Waals surface area contributed by atoms with Crippen LogP contribution in [0.25, 0.3) is 0 Å². The number of ether oxygens (including phenoxy) is 1. The lowest BCUT2D eigenvalue weighted by molar-refractivity contribution is -0.117. The zero-order valence-corrected chi connectivity index (χ0v) is 12.0. The van der Waals surface area contributed by atoms with E-state index in [2.05, 4.69) is 22.1 Å². The second kappa shape index (κ2) is 8.40. The lowest BCUT2D eigenvalue weighted by Crippen LogP contribution is -2.22. The number of carbonyl (C=O) groups is 1. The predicted octanol–water partition coefficient (Wildman–Crippen LogP) is 1.71. The lowest BCUT2D eigenvalue weighted by Gasteiger charge is -2.22. The number of carbonyl (C=O) groups excluding carboxylic acids is 1. The Morgan fingerprint density at radius 1 is 1.52 bits per heavy atom. The summed E-state index contributed by atoms with van der Waals surface area (Å²) >= 11 is 0. The second-order valence-electron chi connectivity index (χ2n) is 4.97. The Labute approximate surface area is 124 Å². The van der Waals surface area contributed by atoms with Gasteiger partial charge in [0.1, 0.15) is 12.4 Å². The van der Waals surface area contributed by atoms with E-state index in [9.17, 15) is 4.79 Å². The average Bonchev–Trinajstić information content (AvgIpc) is 2.52. The molecule has 1 saturated heterocycles. The highest BCUT2D eigenvalue weighted by molar-refractivity contribution is 5.89. The number of hydrogen-bond donors (Lipinski definition) is 2. The van der Waals surface area contributed by atoms with Gasteiger partial charge in [-0.05, 0) is 37.8 Å². The van der Waals surface area contributed by atoms with Gasteiger partial charge in [-0.2, -0.15) is 0 Å². The van der Waals surface area contributed by atoms with Crippen LogP contribution in [0.2, 0.25) is 0 Å². The number of rotatable bonds is 4. The summed E-state index contributed by atoms with van der Waals surface area (Å²) in [5, 5.41) is 11.4. The second-order valence-corrected chi connectivity index (χ2v) is 4.97. The molecule has 0 bridgehead atoms. The van der Waals surface area contributed by atoms with Gasteiger partial charge in [-0.1, -0.05) is 11.8 Å². The quantitative estimate of drug-likeness (QED) is 0.827. The molecule has 5 nitrogen and oxygen atoms in total. The van der Waals surface area contributed by atoms with Gasteiger partial charge in [0, 0.05) is 24.8 Å². The Balaban J connectivity index is 1.81. The number of aliphatic hydroxyl groups excluding tert-OH is 1. The lowest BCUT2D eigenvalue weighted by atomic mass is 10.0. The number of pyridine rings is 1. The summed E-state index contributed by atoms with van der Waals surface area (Å²) in [6.45, 7) is 0.616. The van der Waals surface area contributed by atoms with E-state index in [-0.39, 0.29) is 18.6 Å². The van der Waals surface area contributed by atoms with Gasteiger partial charge in [0.15, 0.2) is 0 Å². The fourth-order valence-corrected chi connectivity index (χ4v) is 2.25. The number of nitrogens with zero attached hydrogens (tertiary/aromatic N) is 1. The first-order valence-electron chi connectivity index (χ1n) is 7.25. The van der Waals surface area contributed by atoms with E-state index >= 15 is 0 Å². The highest BCUT2D eigenvalue weighted by Gasteiger charge is 2.15. The van der Waals surface area contributed by atoms with E-state index in [1.54, 1.807) is 18.3 Å². The van der Waals surface area contributed by atoms with Gasteiger partial charge < -0.3 is 15.2 Å². The van der Waals surface area contributed by atoms with Crippen molar-refractivity contribution in [2.45, 2.75) is 38.2 Å². The molecule has 1 aliphatic heterocycles. The van der Waals surface area contributed by atoms with Gasteiger partial charge in [-0.15, -0.1) is 0 Å². The van der Waals surface area contributed by atoms with Crippen LogP contribution in [0.4, 0.5) is 5.82 Å². The molecule has 0 aliphatic carbocycles. The molecule has 0 aromatic carbocycles. The molecule has 0 spiro atoms. The molecule has 112 valence electrons. The molecule has 1 aromatic rings. The third-order valence-electron chi connectivity index (χ3n) is 3.31. The predicted molar refractivity (Wildman–Crippen MR) is 79.7 cm³/mol. The van der Waals surface area contributed by atoms with Crippen molar-refractivity contribution in [3.63, 3.8) is 0 Å². The Hall–Kier alpha value is -1.90. The van der Waals surface area contributed by atoms with Crippen LogP contribution in [0, 0.1) is 11.8 Å². The van der Waals surface area contributed by atoms with Crippen molar-refractivity contribution < 1.29 is 14.6 Å².